The average Bonchev–Trinajstić information content (AvgIpc) is 2.98. The number of ketones is 3. The molecular formula is C33H20Cl4O3. The van der Waals surface area contributed by atoms with E-state index in [1.807, 2.05) is 0 Å². The first-order chi connectivity index (χ1) is 19.2. The number of benzene rings is 5. The zero-order chi connectivity index (χ0) is 28.6. The number of hydrogen-bond acceptors (Lipinski definition) is 3. The summed E-state index contributed by atoms with van der Waals surface area (Å²) in [5.41, 5.74) is 3.38. The molecule has 0 radical (unpaired) electrons. The van der Waals surface area contributed by atoms with E-state index in [1.54, 1.807) is 121 Å². The first-order valence-corrected chi connectivity index (χ1v) is 13.5. The lowest BCUT2D eigenvalue weighted by Crippen LogP contribution is -2.04. The van der Waals surface area contributed by atoms with Gasteiger partial charge in [-0.2, -0.15) is 0 Å². The maximum Gasteiger partial charge on any atom is 0.193 e. The van der Waals surface area contributed by atoms with Crippen LogP contribution in [-0.4, -0.2) is 17.3 Å². The van der Waals surface area contributed by atoms with Gasteiger partial charge < -0.3 is 0 Å². The minimum atomic E-state index is -0.114. The molecule has 5 rings (SSSR count). The molecule has 0 aliphatic heterocycles. The number of carbonyl (C=O) groups is 3. The Balaban J connectivity index is 0.000000201. The summed E-state index contributed by atoms with van der Waals surface area (Å²) in [7, 11) is 0. The molecule has 0 atom stereocenters. The normalized spacial score (nSPS) is 10.3. The van der Waals surface area contributed by atoms with E-state index in [0.29, 0.717) is 53.5 Å². The molecule has 0 N–H and O–H groups in total. The van der Waals surface area contributed by atoms with Crippen LogP contribution in [-0.2, 0) is 0 Å². The summed E-state index contributed by atoms with van der Waals surface area (Å²) in [6.45, 7) is 0. The van der Waals surface area contributed by atoms with Crippen molar-refractivity contribution in [2.75, 3.05) is 0 Å². The van der Waals surface area contributed by atoms with Gasteiger partial charge in [0.1, 0.15) is 0 Å². The van der Waals surface area contributed by atoms with E-state index in [-0.39, 0.29) is 17.3 Å². The van der Waals surface area contributed by atoms with Crippen LogP contribution in [0.1, 0.15) is 47.8 Å². The lowest BCUT2D eigenvalue weighted by molar-refractivity contribution is 0.102. The molecule has 5 aromatic rings. The van der Waals surface area contributed by atoms with Gasteiger partial charge in [0.2, 0.25) is 0 Å². The van der Waals surface area contributed by atoms with Gasteiger partial charge in [-0.15, -0.1) is 0 Å². The van der Waals surface area contributed by atoms with E-state index >= 15 is 0 Å². The van der Waals surface area contributed by atoms with Crippen molar-refractivity contribution >= 4 is 63.8 Å². The van der Waals surface area contributed by atoms with Crippen LogP contribution in [0.15, 0.2) is 121 Å². The fraction of sp³-hybridized carbons (Fsp3) is 0. The molecule has 40 heavy (non-hydrogen) atoms. The lowest BCUT2D eigenvalue weighted by atomic mass is 9.99. The van der Waals surface area contributed by atoms with Gasteiger partial charge in [0.25, 0.3) is 0 Å². The quantitative estimate of drug-likeness (QED) is 0.181. The van der Waals surface area contributed by atoms with Crippen LogP contribution in [0.4, 0.5) is 0 Å². The third kappa shape index (κ3) is 7.68. The van der Waals surface area contributed by atoms with Crippen LogP contribution in [0.2, 0.25) is 20.1 Å². The maximum atomic E-state index is 12.4. The van der Waals surface area contributed by atoms with Gasteiger partial charge in [-0.25, -0.2) is 0 Å². The highest BCUT2D eigenvalue weighted by atomic mass is 35.5. The summed E-state index contributed by atoms with van der Waals surface area (Å²) in [5.74, 6) is -0.261. The second-order valence-corrected chi connectivity index (χ2v) is 10.3. The SMILES string of the molecule is O=C(c1ccc(Cl)cc1)c1ccc(C(=O)c2ccc(Cl)cc2)cc1.O=C(c1ccc(Cl)cc1)c1ccc(Cl)cc1. The Morgan fingerprint density at radius 2 is 0.400 bits per heavy atom. The predicted molar refractivity (Wildman–Crippen MR) is 163 cm³/mol. The van der Waals surface area contributed by atoms with Crippen molar-refractivity contribution in [3.63, 3.8) is 0 Å². The van der Waals surface area contributed by atoms with Crippen LogP contribution in [0.25, 0.3) is 0 Å². The Labute approximate surface area is 251 Å². The van der Waals surface area contributed by atoms with Gasteiger partial charge in [0, 0.05) is 53.5 Å². The van der Waals surface area contributed by atoms with E-state index in [4.69, 9.17) is 46.4 Å². The van der Waals surface area contributed by atoms with Crippen molar-refractivity contribution in [3.8, 4) is 0 Å². The Kier molecular flexibility index (Phi) is 9.92. The van der Waals surface area contributed by atoms with E-state index < -0.39 is 0 Å². The van der Waals surface area contributed by atoms with Crippen molar-refractivity contribution in [2.24, 2.45) is 0 Å². The second-order valence-electron chi connectivity index (χ2n) is 8.59. The number of rotatable bonds is 6. The topological polar surface area (TPSA) is 51.2 Å². The van der Waals surface area contributed by atoms with Gasteiger partial charge >= 0.3 is 0 Å². The zero-order valence-electron chi connectivity index (χ0n) is 20.8. The third-order valence-corrected chi connectivity index (χ3v) is 6.84. The van der Waals surface area contributed by atoms with Gasteiger partial charge in [-0.05, 0) is 97.1 Å². The number of halogens is 4. The highest BCUT2D eigenvalue weighted by molar-refractivity contribution is 6.31. The zero-order valence-corrected chi connectivity index (χ0v) is 23.8. The molecular weight excluding hydrogens is 586 g/mol. The monoisotopic (exact) mass is 604 g/mol. The Hall–Kier alpha value is -3.73. The smallest absolute Gasteiger partial charge is 0.193 e. The molecule has 198 valence electrons. The molecule has 0 heterocycles. The molecule has 0 aliphatic rings. The fourth-order valence-electron chi connectivity index (χ4n) is 3.68. The van der Waals surface area contributed by atoms with E-state index in [1.165, 1.54) is 0 Å². The third-order valence-electron chi connectivity index (χ3n) is 5.83. The largest absolute Gasteiger partial charge is 0.289 e. The maximum absolute atomic E-state index is 12.4. The summed E-state index contributed by atoms with van der Waals surface area (Å²) >= 11 is 23.2. The van der Waals surface area contributed by atoms with E-state index in [9.17, 15) is 14.4 Å². The van der Waals surface area contributed by atoms with Crippen molar-refractivity contribution in [1.82, 2.24) is 0 Å². The first kappa shape index (κ1) is 29.3. The van der Waals surface area contributed by atoms with Gasteiger partial charge in [-0.1, -0.05) is 70.7 Å². The Morgan fingerprint density at radius 3 is 0.550 bits per heavy atom. The Morgan fingerprint density at radius 1 is 0.275 bits per heavy atom. The minimum Gasteiger partial charge on any atom is -0.289 e. The highest BCUT2D eigenvalue weighted by Crippen LogP contribution is 2.18. The highest BCUT2D eigenvalue weighted by Gasteiger charge is 2.12. The predicted octanol–water partition coefficient (Wildman–Crippen LogP) is 9.68. The summed E-state index contributed by atoms with van der Waals surface area (Å²) in [5, 5.41) is 2.39. The molecule has 0 unspecified atom stereocenters. The summed E-state index contributed by atoms with van der Waals surface area (Å²) in [4.78, 5) is 36.8. The summed E-state index contributed by atoms with van der Waals surface area (Å²) in [6, 6.07) is 33.6. The van der Waals surface area contributed by atoms with Gasteiger partial charge in [-0.3, -0.25) is 14.4 Å². The molecule has 0 aromatic heterocycles. The standard InChI is InChI=1S/C20H12Cl2O2.C13H8Cl2O/c21-17-9-5-15(6-10-17)19(23)13-1-2-14(4-3-13)20(24)16-7-11-18(22)12-8-16;14-11-5-1-9(2-6-11)13(16)10-3-7-12(15)8-4-10/h1-12H;1-8H. The van der Waals surface area contributed by atoms with Crippen molar-refractivity contribution in [3.05, 3.63) is 175 Å². The molecule has 0 spiro atoms. The van der Waals surface area contributed by atoms with Gasteiger partial charge in [0.15, 0.2) is 17.3 Å². The fourth-order valence-corrected chi connectivity index (χ4v) is 4.18. The minimum absolute atomic E-state index is 0.0340. The van der Waals surface area contributed by atoms with Crippen LogP contribution < -0.4 is 0 Å². The average molecular weight is 606 g/mol. The summed E-state index contributed by atoms with van der Waals surface area (Å²) in [6.07, 6.45) is 0. The molecule has 0 saturated heterocycles. The van der Waals surface area contributed by atoms with E-state index in [2.05, 4.69) is 0 Å². The number of hydrogen-bond donors (Lipinski definition) is 0. The molecule has 3 nitrogen and oxygen atoms in total. The van der Waals surface area contributed by atoms with Crippen LogP contribution >= 0.6 is 46.4 Å². The second kappa shape index (κ2) is 13.6. The first-order valence-electron chi connectivity index (χ1n) is 12.0. The van der Waals surface area contributed by atoms with Crippen LogP contribution in [0.5, 0.6) is 0 Å². The van der Waals surface area contributed by atoms with Crippen LogP contribution in [0.3, 0.4) is 0 Å². The van der Waals surface area contributed by atoms with Crippen molar-refractivity contribution < 1.29 is 14.4 Å². The van der Waals surface area contributed by atoms with Crippen molar-refractivity contribution in [1.29, 1.82) is 0 Å². The van der Waals surface area contributed by atoms with Crippen LogP contribution in [0, 0.1) is 0 Å². The molecule has 0 fully saturated rings. The van der Waals surface area contributed by atoms with Gasteiger partial charge in [0.05, 0.1) is 0 Å². The molecule has 5 aromatic carbocycles. The summed E-state index contributed by atoms with van der Waals surface area (Å²) < 4.78 is 0. The molecule has 0 saturated carbocycles. The molecule has 0 aliphatic carbocycles. The van der Waals surface area contributed by atoms with E-state index in [0.717, 1.165) is 0 Å². The molecule has 0 amide bonds. The molecule has 0 bridgehead atoms. The Bertz CT molecular complexity index is 1500. The lowest BCUT2D eigenvalue weighted by Gasteiger charge is -2.04. The molecule has 7 heteroatoms. The van der Waals surface area contributed by atoms with Crippen molar-refractivity contribution in [2.45, 2.75) is 0 Å². The number of carbonyl (C=O) groups excluding carboxylic acids is 3.